The van der Waals surface area contributed by atoms with Crippen LogP contribution in [-0.4, -0.2) is 43.9 Å². The fraction of sp³-hybridized carbons (Fsp3) is 0.667. The summed E-state index contributed by atoms with van der Waals surface area (Å²) in [6.07, 6.45) is 3.92. The van der Waals surface area contributed by atoms with Crippen molar-refractivity contribution in [3.05, 3.63) is 22.5 Å². The number of nitrogens with one attached hydrogen (secondary N) is 1. The molecule has 2 saturated heterocycles. The third kappa shape index (κ3) is 2.10. The van der Waals surface area contributed by atoms with Gasteiger partial charge in [-0.15, -0.1) is 0 Å². The fourth-order valence-electron chi connectivity index (χ4n) is 3.89. The quantitative estimate of drug-likeness (QED) is 0.881. The van der Waals surface area contributed by atoms with E-state index in [1.54, 1.807) is 6.07 Å². The van der Waals surface area contributed by atoms with E-state index in [1.165, 1.54) is 19.3 Å². The molecular formula is C15H21N3O2. The van der Waals surface area contributed by atoms with Gasteiger partial charge in [0.2, 0.25) is 0 Å². The van der Waals surface area contributed by atoms with E-state index in [4.69, 9.17) is 4.74 Å². The molecule has 2 aliphatic heterocycles. The Morgan fingerprint density at radius 3 is 2.75 bits per heavy atom. The molecule has 0 spiro atoms. The Morgan fingerprint density at radius 2 is 2.05 bits per heavy atom. The minimum atomic E-state index is 0.00626. The Balaban J connectivity index is 1.63. The predicted molar refractivity (Wildman–Crippen MR) is 78.6 cm³/mol. The molecule has 5 heteroatoms. The summed E-state index contributed by atoms with van der Waals surface area (Å²) in [7, 11) is 0. The van der Waals surface area contributed by atoms with Crippen molar-refractivity contribution in [1.82, 2.24) is 4.98 Å². The first-order valence-corrected chi connectivity index (χ1v) is 7.63. The topological polar surface area (TPSA) is 48.6 Å². The van der Waals surface area contributed by atoms with Crippen LogP contribution in [0.3, 0.4) is 0 Å². The van der Waals surface area contributed by atoms with Crippen molar-refractivity contribution in [3.63, 3.8) is 0 Å². The highest BCUT2D eigenvalue weighted by atomic mass is 16.5. The van der Waals surface area contributed by atoms with Crippen molar-refractivity contribution < 1.29 is 4.74 Å². The summed E-state index contributed by atoms with van der Waals surface area (Å²) in [6.45, 7) is 4.34. The van der Waals surface area contributed by atoms with E-state index in [-0.39, 0.29) is 5.56 Å². The second kappa shape index (κ2) is 4.81. The van der Waals surface area contributed by atoms with Crippen LogP contribution in [0.15, 0.2) is 16.9 Å². The van der Waals surface area contributed by atoms with E-state index in [0.29, 0.717) is 6.04 Å². The lowest BCUT2D eigenvalue weighted by Crippen LogP contribution is -2.38. The minimum absolute atomic E-state index is 0.00626. The number of hydrogen-bond acceptors (Lipinski definition) is 4. The Hall–Kier alpha value is -1.49. The number of nitrogens with zero attached hydrogens (tertiary/aromatic N) is 2. The zero-order valence-electron chi connectivity index (χ0n) is 11.7. The van der Waals surface area contributed by atoms with Gasteiger partial charge < -0.3 is 19.5 Å². The normalized spacial score (nSPS) is 29.2. The van der Waals surface area contributed by atoms with Gasteiger partial charge in [-0.1, -0.05) is 0 Å². The van der Waals surface area contributed by atoms with Crippen LogP contribution in [0.2, 0.25) is 0 Å². The molecule has 3 fully saturated rings. The van der Waals surface area contributed by atoms with Gasteiger partial charge in [-0.2, -0.15) is 0 Å². The molecule has 108 valence electrons. The average molecular weight is 275 g/mol. The monoisotopic (exact) mass is 275 g/mol. The lowest BCUT2D eigenvalue weighted by atomic mass is 10.1. The van der Waals surface area contributed by atoms with Crippen molar-refractivity contribution >= 4 is 11.5 Å². The standard InChI is InChI=1S/C15H21N3O2/c19-15-9-13(17-3-5-20-6-4-17)8-14(16-15)18-10-11-1-2-12(18)7-11/h8-9,11-12H,1-7,10H2,(H,16,19). The SMILES string of the molecule is O=c1cc(N2CCOCC2)cc(N2CC3CCC2C3)[nH]1. The molecule has 20 heavy (non-hydrogen) atoms. The van der Waals surface area contributed by atoms with Crippen LogP contribution in [-0.2, 0) is 4.74 Å². The van der Waals surface area contributed by atoms with E-state index < -0.39 is 0 Å². The van der Waals surface area contributed by atoms with Crippen LogP contribution in [0.25, 0.3) is 0 Å². The molecule has 1 aromatic rings. The maximum atomic E-state index is 12.0. The number of anilines is 2. The van der Waals surface area contributed by atoms with Gasteiger partial charge in [-0.3, -0.25) is 4.79 Å². The minimum Gasteiger partial charge on any atom is -0.378 e. The predicted octanol–water partition coefficient (Wildman–Crippen LogP) is 1.20. The van der Waals surface area contributed by atoms with E-state index >= 15 is 0 Å². The molecule has 2 atom stereocenters. The number of aromatic amines is 1. The first-order chi connectivity index (χ1) is 9.79. The molecule has 0 radical (unpaired) electrons. The van der Waals surface area contributed by atoms with Gasteiger partial charge in [0.1, 0.15) is 5.82 Å². The number of ether oxygens (including phenoxy) is 1. The molecule has 4 rings (SSSR count). The van der Waals surface area contributed by atoms with Crippen LogP contribution in [0.4, 0.5) is 11.5 Å². The van der Waals surface area contributed by atoms with Crippen molar-refractivity contribution in [1.29, 1.82) is 0 Å². The van der Waals surface area contributed by atoms with Gasteiger partial charge in [-0.25, -0.2) is 0 Å². The van der Waals surface area contributed by atoms with Gasteiger partial charge in [0.25, 0.3) is 5.56 Å². The molecule has 5 nitrogen and oxygen atoms in total. The summed E-state index contributed by atoms with van der Waals surface area (Å²) in [5.41, 5.74) is 1.04. The number of aromatic nitrogens is 1. The Morgan fingerprint density at radius 1 is 1.20 bits per heavy atom. The Labute approximate surface area is 118 Å². The molecule has 2 bridgehead atoms. The van der Waals surface area contributed by atoms with Crippen LogP contribution < -0.4 is 15.4 Å². The van der Waals surface area contributed by atoms with Crippen LogP contribution >= 0.6 is 0 Å². The number of pyridine rings is 1. The lowest BCUT2D eigenvalue weighted by Gasteiger charge is -2.32. The van der Waals surface area contributed by atoms with E-state index in [2.05, 4.69) is 20.9 Å². The second-order valence-electron chi connectivity index (χ2n) is 6.17. The lowest BCUT2D eigenvalue weighted by molar-refractivity contribution is 0.122. The first kappa shape index (κ1) is 12.3. The molecule has 0 amide bonds. The molecule has 2 unspecified atom stereocenters. The van der Waals surface area contributed by atoms with Crippen molar-refractivity contribution in [2.75, 3.05) is 42.6 Å². The highest BCUT2D eigenvalue weighted by Crippen LogP contribution is 2.39. The average Bonchev–Trinajstić information content (AvgIpc) is 3.10. The van der Waals surface area contributed by atoms with Gasteiger partial charge >= 0.3 is 0 Å². The maximum Gasteiger partial charge on any atom is 0.251 e. The molecule has 3 heterocycles. The molecule has 3 aliphatic rings. The van der Waals surface area contributed by atoms with E-state index in [9.17, 15) is 4.79 Å². The number of rotatable bonds is 2. The zero-order chi connectivity index (χ0) is 13.5. The number of H-pyrrole nitrogens is 1. The van der Waals surface area contributed by atoms with Crippen molar-refractivity contribution in [2.24, 2.45) is 5.92 Å². The highest BCUT2D eigenvalue weighted by molar-refractivity contribution is 5.56. The summed E-state index contributed by atoms with van der Waals surface area (Å²) in [6, 6.07) is 4.49. The van der Waals surface area contributed by atoms with Crippen molar-refractivity contribution in [2.45, 2.75) is 25.3 Å². The van der Waals surface area contributed by atoms with Gasteiger partial charge in [0, 0.05) is 43.5 Å². The summed E-state index contributed by atoms with van der Waals surface area (Å²) in [5, 5.41) is 0. The highest BCUT2D eigenvalue weighted by Gasteiger charge is 2.38. The number of morpholine rings is 1. The van der Waals surface area contributed by atoms with Gasteiger partial charge in [0.05, 0.1) is 13.2 Å². The number of piperidine rings is 1. The number of fused-ring (bicyclic) bond motifs is 2. The molecule has 1 N–H and O–H groups in total. The summed E-state index contributed by atoms with van der Waals surface area (Å²) >= 11 is 0. The first-order valence-electron chi connectivity index (χ1n) is 7.63. The third-order valence-corrected chi connectivity index (χ3v) is 4.91. The molecule has 1 saturated carbocycles. The van der Waals surface area contributed by atoms with E-state index in [1.807, 2.05) is 0 Å². The molecule has 0 aromatic carbocycles. The third-order valence-electron chi connectivity index (χ3n) is 4.91. The number of hydrogen-bond donors (Lipinski definition) is 1. The van der Waals surface area contributed by atoms with Gasteiger partial charge in [-0.05, 0) is 25.2 Å². The maximum absolute atomic E-state index is 12.0. The van der Waals surface area contributed by atoms with E-state index in [0.717, 1.165) is 50.3 Å². The zero-order valence-corrected chi connectivity index (χ0v) is 11.7. The van der Waals surface area contributed by atoms with Crippen LogP contribution in [0.5, 0.6) is 0 Å². The summed E-state index contributed by atoms with van der Waals surface area (Å²) < 4.78 is 5.38. The summed E-state index contributed by atoms with van der Waals surface area (Å²) in [4.78, 5) is 19.7. The molecule has 1 aliphatic carbocycles. The van der Waals surface area contributed by atoms with Crippen LogP contribution in [0.1, 0.15) is 19.3 Å². The van der Waals surface area contributed by atoms with Crippen molar-refractivity contribution in [3.8, 4) is 0 Å². The fourth-order valence-corrected chi connectivity index (χ4v) is 3.89. The largest absolute Gasteiger partial charge is 0.378 e. The second-order valence-corrected chi connectivity index (χ2v) is 6.17. The molecular weight excluding hydrogens is 254 g/mol. The van der Waals surface area contributed by atoms with Crippen LogP contribution in [0, 0.1) is 5.92 Å². The Kier molecular flexibility index (Phi) is 2.95. The summed E-state index contributed by atoms with van der Waals surface area (Å²) in [5.74, 6) is 1.83. The Bertz CT molecular complexity index is 550. The molecule has 1 aromatic heterocycles. The van der Waals surface area contributed by atoms with Gasteiger partial charge in [0.15, 0.2) is 0 Å². The smallest absolute Gasteiger partial charge is 0.251 e.